The third kappa shape index (κ3) is 3.87. The number of nitrogens with zero attached hydrogens (tertiary/aromatic N) is 2. The monoisotopic (exact) mass is 670 g/mol. The zero-order valence-corrected chi connectivity index (χ0v) is 30.5. The molecule has 0 unspecified atom stereocenters. The van der Waals surface area contributed by atoms with E-state index in [1.807, 2.05) is 0 Å². The summed E-state index contributed by atoms with van der Waals surface area (Å²) in [6.45, 7) is 13.9. The van der Waals surface area contributed by atoms with Crippen LogP contribution in [0, 0.1) is 0 Å². The van der Waals surface area contributed by atoms with Gasteiger partial charge in [0.1, 0.15) is 5.58 Å². The van der Waals surface area contributed by atoms with Gasteiger partial charge in [0, 0.05) is 49.2 Å². The molecule has 0 N–H and O–H groups in total. The van der Waals surface area contributed by atoms with Gasteiger partial charge >= 0.3 is 6.85 Å². The molecule has 9 aromatic rings. The first-order valence-electron chi connectivity index (χ1n) is 18.6. The van der Waals surface area contributed by atoms with E-state index in [0.29, 0.717) is 0 Å². The number of para-hydroxylation sites is 3. The van der Waals surface area contributed by atoms with Gasteiger partial charge in [-0.25, -0.2) is 0 Å². The number of benzene rings is 7. The Morgan fingerprint density at radius 2 is 1.21 bits per heavy atom. The van der Waals surface area contributed by atoms with Crippen molar-refractivity contribution in [1.82, 2.24) is 4.48 Å². The maximum Gasteiger partial charge on any atom is 0.333 e. The highest BCUT2D eigenvalue weighted by Gasteiger charge is 2.45. The van der Waals surface area contributed by atoms with Crippen molar-refractivity contribution >= 4 is 89.4 Å². The molecule has 2 aromatic heterocycles. The topological polar surface area (TPSA) is 21.3 Å². The summed E-state index contributed by atoms with van der Waals surface area (Å²) in [4.78, 5) is 2.58. The second-order valence-corrected chi connectivity index (χ2v) is 17.0. The van der Waals surface area contributed by atoms with Crippen LogP contribution in [0.1, 0.15) is 52.7 Å². The molecule has 0 radical (unpaired) electrons. The summed E-state index contributed by atoms with van der Waals surface area (Å²) < 4.78 is 9.71. The normalized spacial score (nSPS) is 13.9. The first-order valence-corrected chi connectivity index (χ1v) is 18.6. The number of anilines is 3. The number of hydrogen-bond acceptors (Lipinski definition) is 2. The Kier molecular flexibility index (Phi) is 5.75. The first-order chi connectivity index (χ1) is 25.1. The Balaban J connectivity index is 1.40. The molecule has 2 aliphatic heterocycles. The van der Waals surface area contributed by atoms with E-state index in [4.69, 9.17) is 4.42 Å². The van der Waals surface area contributed by atoms with Gasteiger partial charge in [0.15, 0.2) is 5.58 Å². The minimum atomic E-state index is -0.0522. The third-order valence-corrected chi connectivity index (χ3v) is 11.8. The largest absolute Gasteiger partial charge is 0.454 e. The van der Waals surface area contributed by atoms with Gasteiger partial charge in [0.05, 0.1) is 11.4 Å². The Labute approximate surface area is 304 Å². The van der Waals surface area contributed by atoms with Crippen molar-refractivity contribution in [3.05, 3.63) is 139 Å². The molecule has 0 saturated carbocycles. The van der Waals surface area contributed by atoms with Gasteiger partial charge in [-0.05, 0) is 74.2 Å². The van der Waals surface area contributed by atoms with E-state index < -0.39 is 0 Å². The molecule has 7 aromatic carbocycles. The fraction of sp³-hybridized carbons (Fsp3) is 0.167. The Bertz CT molecular complexity index is 2970. The SMILES string of the molecule is CC(C)(C)c1cc(N2c3c(ccc4ccccc34)B3c4c(cc5c(oc6ccccc65)c42)-c2cccc4c5ccccc5n3c24)cc(C(C)(C)C)c1. The van der Waals surface area contributed by atoms with E-state index in [0.717, 1.165) is 27.6 Å². The van der Waals surface area contributed by atoms with Crippen LogP contribution in [-0.4, -0.2) is 11.3 Å². The number of aromatic nitrogens is 1. The summed E-state index contributed by atoms with van der Waals surface area (Å²) >= 11 is 0. The molecule has 52 heavy (non-hydrogen) atoms. The molecule has 3 nitrogen and oxygen atoms in total. The molecule has 0 aliphatic carbocycles. The fourth-order valence-corrected chi connectivity index (χ4v) is 9.26. The number of hydrogen-bond donors (Lipinski definition) is 0. The second-order valence-electron chi connectivity index (χ2n) is 17.0. The van der Waals surface area contributed by atoms with Crippen molar-refractivity contribution in [2.75, 3.05) is 4.90 Å². The smallest absolute Gasteiger partial charge is 0.333 e. The molecule has 4 heteroatoms. The molecule has 2 aliphatic rings. The fourth-order valence-electron chi connectivity index (χ4n) is 9.26. The van der Waals surface area contributed by atoms with E-state index >= 15 is 0 Å². The molecule has 0 saturated heterocycles. The standard InChI is InChI=1S/C48H39BN2O/c1-47(2,3)29-24-30(48(4,5)6)26-31(25-29)50-44-32-15-8-7-14-28(32)22-23-39(44)49-42-37(27-38-34-17-10-12-21-41(34)52-46(38)45(42)50)36-19-13-18-35-33-16-9-11-20-40(33)51(49)43(35)36/h7-27H,1-6H3. The van der Waals surface area contributed by atoms with Crippen LogP contribution in [0.25, 0.3) is 65.6 Å². The second kappa shape index (κ2) is 9.98. The Morgan fingerprint density at radius 1 is 0.538 bits per heavy atom. The van der Waals surface area contributed by atoms with Crippen molar-refractivity contribution in [1.29, 1.82) is 0 Å². The van der Waals surface area contributed by atoms with Crippen LogP contribution in [0.15, 0.2) is 132 Å². The molecule has 0 atom stereocenters. The van der Waals surface area contributed by atoms with Gasteiger partial charge in [0.2, 0.25) is 0 Å². The molecular formula is C48H39BN2O. The Hall–Kier alpha value is -5.74. The predicted molar refractivity (Wildman–Crippen MR) is 222 cm³/mol. The van der Waals surface area contributed by atoms with Crippen molar-refractivity contribution in [2.24, 2.45) is 0 Å². The lowest BCUT2D eigenvalue weighted by atomic mass is 9.44. The van der Waals surface area contributed by atoms with Crippen LogP contribution in [0.4, 0.5) is 17.1 Å². The molecule has 0 fully saturated rings. The van der Waals surface area contributed by atoms with E-state index in [1.165, 1.54) is 77.1 Å². The van der Waals surface area contributed by atoms with Crippen molar-refractivity contribution in [3.63, 3.8) is 0 Å². The highest BCUT2D eigenvalue weighted by Crippen LogP contribution is 2.51. The average Bonchev–Trinajstić information content (AvgIpc) is 3.68. The summed E-state index contributed by atoms with van der Waals surface area (Å²) in [6.07, 6.45) is 0. The summed E-state index contributed by atoms with van der Waals surface area (Å²) in [5.74, 6) is 0. The van der Waals surface area contributed by atoms with E-state index in [9.17, 15) is 0 Å². The predicted octanol–water partition coefficient (Wildman–Crippen LogP) is 11.9. The summed E-state index contributed by atoms with van der Waals surface area (Å²) in [7, 11) is 0. The number of rotatable bonds is 1. The van der Waals surface area contributed by atoms with E-state index in [1.54, 1.807) is 0 Å². The molecule has 11 rings (SSSR count). The quantitative estimate of drug-likeness (QED) is 0.162. The summed E-state index contributed by atoms with van der Waals surface area (Å²) in [5.41, 5.74) is 15.7. The minimum Gasteiger partial charge on any atom is -0.454 e. The first kappa shape index (κ1) is 29.9. The average molecular weight is 671 g/mol. The molecule has 0 spiro atoms. The summed E-state index contributed by atoms with van der Waals surface area (Å²) in [5, 5.41) is 7.37. The van der Waals surface area contributed by atoms with E-state index in [2.05, 4.69) is 178 Å². The van der Waals surface area contributed by atoms with Crippen LogP contribution >= 0.6 is 0 Å². The lowest BCUT2D eigenvalue weighted by Gasteiger charge is -2.41. The number of furan rings is 1. The zero-order chi connectivity index (χ0) is 35.3. The Morgan fingerprint density at radius 3 is 1.98 bits per heavy atom. The summed E-state index contributed by atoms with van der Waals surface area (Å²) in [6, 6.07) is 47.7. The molecular weight excluding hydrogens is 631 g/mol. The highest BCUT2D eigenvalue weighted by atomic mass is 16.3. The van der Waals surface area contributed by atoms with Crippen LogP contribution in [0.2, 0.25) is 0 Å². The van der Waals surface area contributed by atoms with Crippen LogP contribution in [0.5, 0.6) is 0 Å². The lowest BCUT2D eigenvalue weighted by molar-refractivity contribution is 0.569. The van der Waals surface area contributed by atoms with Crippen LogP contribution in [-0.2, 0) is 10.8 Å². The molecule has 0 amide bonds. The molecule has 0 bridgehead atoms. The molecule has 250 valence electrons. The van der Waals surface area contributed by atoms with Gasteiger partial charge in [-0.15, -0.1) is 0 Å². The number of fused-ring (bicyclic) bond motifs is 13. The van der Waals surface area contributed by atoms with Gasteiger partial charge in [-0.2, -0.15) is 0 Å². The third-order valence-electron chi connectivity index (χ3n) is 11.8. The molecule has 4 heterocycles. The van der Waals surface area contributed by atoms with Crippen molar-refractivity contribution in [3.8, 4) is 11.1 Å². The van der Waals surface area contributed by atoms with E-state index in [-0.39, 0.29) is 17.7 Å². The lowest BCUT2D eigenvalue weighted by Crippen LogP contribution is -2.56. The van der Waals surface area contributed by atoms with Gasteiger partial charge in [-0.1, -0.05) is 139 Å². The van der Waals surface area contributed by atoms with Crippen molar-refractivity contribution in [2.45, 2.75) is 52.4 Å². The van der Waals surface area contributed by atoms with Gasteiger partial charge in [0.25, 0.3) is 0 Å². The van der Waals surface area contributed by atoms with Crippen molar-refractivity contribution < 1.29 is 4.42 Å². The van der Waals surface area contributed by atoms with Crippen LogP contribution < -0.4 is 15.8 Å². The highest BCUT2D eigenvalue weighted by molar-refractivity contribution is 6.90. The minimum absolute atomic E-state index is 0.0463. The van der Waals surface area contributed by atoms with Crippen LogP contribution in [0.3, 0.4) is 0 Å². The maximum atomic E-state index is 7.08. The van der Waals surface area contributed by atoms with Gasteiger partial charge < -0.3 is 13.8 Å². The zero-order valence-electron chi connectivity index (χ0n) is 30.5. The van der Waals surface area contributed by atoms with Gasteiger partial charge in [-0.3, -0.25) is 0 Å². The maximum absolute atomic E-state index is 7.08.